The van der Waals surface area contributed by atoms with Gasteiger partial charge in [0.15, 0.2) is 16.6 Å². The minimum Gasteiger partial charge on any atom is -0.461 e. The van der Waals surface area contributed by atoms with E-state index in [2.05, 4.69) is 67.7 Å². The van der Waals surface area contributed by atoms with Crippen LogP contribution in [0.5, 0.6) is 0 Å². The number of halogens is 1. The number of rotatable bonds is 8. The van der Waals surface area contributed by atoms with E-state index >= 15 is 0 Å². The molecule has 0 spiro atoms. The van der Waals surface area contributed by atoms with Crippen molar-refractivity contribution in [1.82, 2.24) is 0 Å². The van der Waals surface area contributed by atoms with E-state index in [9.17, 15) is 9.18 Å². The Morgan fingerprint density at radius 2 is 1.46 bits per heavy atom. The summed E-state index contributed by atoms with van der Waals surface area (Å²) < 4.78 is 31.5. The summed E-state index contributed by atoms with van der Waals surface area (Å²) in [4.78, 5) is 11.7. The highest BCUT2D eigenvalue weighted by Crippen LogP contribution is 2.39. The molecule has 0 aliphatic carbocycles. The first-order chi connectivity index (χ1) is 11.4. The molecule has 0 bridgehead atoms. The normalized spacial score (nSPS) is 15.8. The quantitative estimate of drug-likeness (QED) is 0.290. The molecule has 0 saturated carbocycles. The molecule has 0 fully saturated rings. The molecule has 0 radical (unpaired) electrons. The zero-order chi connectivity index (χ0) is 21.0. The first-order valence-corrected chi connectivity index (χ1v) is 15.1. The fraction of sp³-hybridized carbons (Fsp3) is 0.842. The lowest BCUT2D eigenvalue weighted by atomic mass is 10.2. The Morgan fingerprint density at radius 3 is 1.85 bits per heavy atom. The predicted molar refractivity (Wildman–Crippen MR) is 111 cm³/mol. The highest BCUT2D eigenvalue weighted by Gasteiger charge is 2.41. The zero-order valence-electron chi connectivity index (χ0n) is 18.6. The molecule has 0 saturated heterocycles. The van der Waals surface area contributed by atoms with Crippen LogP contribution in [0.3, 0.4) is 0 Å². The predicted octanol–water partition coefficient (Wildman–Crippen LogP) is 5.82. The Bertz CT molecular complexity index is 503. The molecule has 0 aromatic rings. The average Bonchev–Trinajstić information content (AvgIpc) is 2.42. The van der Waals surface area contributed by atoms with Gasteiger partial charge in [-0.25, -0.2) is 4.79 Å². The van der Waals surface area contributed by atoms with Crippen LogP contribution in [0, 0.1) is 0 Å². The maximum Gasteiger partial charge on any atom is 0.366 e. The topological polar surface area (TPSA) is 44.8 Å². The Labute approximate surface area is 161 Å². The molecule has 1 atom stereocenters. The number of carbonyl (C=O) groups is 1. The second-order valence-electron chi connectivity index (χ2n) is 9.72. The van der Waals surface area contributed by atoms with Gasteiger partial charge in [0.2, 0.25) is 5.83 Å². The van der Waals surface area contributed by atoms with Crippen molar-refractivity contribution in [3.05, 3.63) is 11.9 Å². The molecule has 0 rings (SSSR count). The summed E-state index contributed by atoms with van der Waals surface area (Å²) in [6.45, 7) is 23.3. The maximum atomic E-state index is 14.2. The van der Waals surface area contributed by atoms with Crippen molar-refractivity contribution in [3.8, 4) is 0 Å². The molecule has 26 heavy (non-hydrogen) atoms. The highest BCUT2D eigenvalue weighted by atomic mass is 28.4. The zero-order valence-corrected chi connectivity index (χ0v) is 20.6. The van der Waals surface area contributed by atoms with Crippen molar-refractivity contribution in [2.45, 2.75) is 90.8 Å². The van der Waals surface area contributed by atoms with Crippen LogP contribution >= 0.6 is 0 Å². The standard InChI is InChI=1S/C19H39FO4Si2/c1-12-22-17(21)16(20)13-15(24-26(10,11)19(5,6)7)14-23-25(8,9)18(2,3)4/h13,15H,12,14H2,1-11H3/b16-13-/t15-/m0/s1. The van der Waals surface area contributed by atoms with Gasteiger partial charge >= 0.3 is 5.97 Å². The van der Waals surface area contributed by atoms with Crippen molar-refractivity contribution < 1.29 is 22.8 Å². The molecular formula is C19H39FO4Si2. The molecular weight excluding hydrogens is 367 g/mol. The molecule has 0 unspecified atom stereocenters. The van der Waals surface area contributed by atoms with Gasteiger partial charge in [0.1, 0.15) is 0 Å². The smallest absolute Gasteiger partial charge is 0.366 e. The minimum atomic E-state index is -2.16. The maximum absolute atomic E-state index is 14.2. The van der Waals surface area contributed by atoms with E-state index in [1.165, 1.54) is 6.08 Å². The Hall–Kier alpha value is -0.506. The number of esters is 1. The molecule has 0 heterocycles. The summed E-state index contributed by atoms with van der Waals surface area (Å²) in [6, 6.07) is 0. The van der Waals surface area contributed by atoms with Crippen molar-refractivity contribution in [2.75, 3.05) is 13.2 Å². The molecule has 0 aliphatic rings. The first kappa shape index (κ1) is 25.5. The van der Waals surface area contributed by atoms with Gasteiger partial charge in [-0.2, -0.15) is 4.39 Å². The summed E-state index contributed by atoms with van der Waals surface area (Å²) >= 11 is 0. The number of carbonyl (C=O) groups excluding carboxylic acids is 1. The van der Waals surface area contributed by atoms with Crippen molar-refractivity contribution in [3.63, 3.8) is 0 Å². The highest BCUT2D eigenvalue weighted by molar-refractivity contribution is 6.74. The fourth-order valence-corrected chi connectivity index (χ4v) is 3.87. The summed E-state index contributed by atoms with van der Waals surface area (Å²) in [7, 11) is -4.17. The van der Waals surface area contributed by atoms with Gasteiger partial charge in [0.25, 0.3) is 0 Å². The third kappa shape index (κ3) is 7.62. The van der Waals surface area contributed by atoms with E-state index in [1.807, 2.05) is 0 Å². The monoisotopic (exact) mass is 406 g/mol. The largest absolute Gasteiger partial charge is 0.461 e. The molecule has 4 nitrogen and oxygen atoms in total. The average molecular weight is 407 g/mol. The van der Waals surface area contributed by atoms with Crippen LogP contribution in [0.2, 0.25) is 36.3 Å². The molecule has 0 aliphatic heterocycles. The lowest BCUT2D eigenvalue weighted by molar-refractivity contribution is -0.140. The molecule has 154 valence electrons. The van der Waals surface area contributed by atoms with E-state index in [1.54, 1.807) is 6.92 Å². The van der Waals surface area contributed by atoms with Crippen molar-refractivity contribution in [2.24, 2.45) is 0 Å². The van der Waals surface area contributed by atoms with Crippen LogP contribution < -0.4 is 0 Å². The molecule has 0 aromatic heterocycles. The third-order valence-corrected chi connectivity index (χ3v) is 14.5. The number of hydrogen-bond donors (Lipinski definition) is 0. The van der Waals surface area contributed by atoms with Gasteiger partial charge < -0.3 is 13.6 Å². The second-order valence-corrected chi connectivity index (χ2v) is 19.3. The molecule has 7 heteroatoms. The van der Waals surface area contributed by atoms with E-state index in [0.29, 0.717) is 0 Å². The van der Waals surface area contributed by atoms with Crippen LogP contribution in [-0.2, 0) is 18.4 Å². The number of ether oxygens (including phenoxy) is 1. The van der Waals surface area contributed by atoms with Gasteiger partial charge in [-0.05, 0) is 49.3 Å². The van der Waals surface area contributed by atoms with Crippen molar-refractivity contribution in [1.29, 1.82) is 0 Å². The van der Waals surface area contributed by atoms with E-state index in [0.717, 1.165) is 0 Å². The van der Waals surface area contributed by atoms with E-state index in [4.69, 9.17) is 13.6 Å². The van der Waals surface area contributed by atoms with Crippen LogP contribution in [-0.4, -0.2) is 41.9 Å². The van der Waals surface area contributed by atoms with Crippen LogP contribution in [0.4, 0.5) is 4.39 Å². The van der Waals surface area contributed by atoms with Crippen LogP contribution in [0.25, 0.3) is 0 Å². The third-order valence-electron chi connectivity index (χ3n) is 5.47. The Morgan fingerprint density at radius 1 is 1.00 bits per heavy atom. The lowest BCUT2D eigenvalue weighted by Crippen LogP contribution is -2.47. The van der Waals surface area contributed by atoms with Crippen molar-refractivity contribution >= 4 is 22.6 Å². The fourth-order valence-electron chi connectivity index (χ4n) is 1.61. The molecule has 0 N–H and O–H groups in total. The van der Waals surface area contributed by atoms with Gasteiger partial charge in [0, 0.05) is 0 Å². The van der Waals surface area contributed by atoms with Crippen LogP contribution in [0.1, 0.15) is 48.5 Å². The van der Waals surface area contributed by atoms with Gasteiger partial charge in [-0.15, -0.1) is 0 Å². The summed E-state index contributed by atoms with van der Waals surface area (Å²) in [5.41, 5.74) is 0. The van der Waals surface area contributed by atoms with Gasteiger partial charge in [0.05, 0.1) is 19.3 Å². The van der Waals surface area contributed by atoms with E-state index in [-0.39, 0.29) is 23.3 Å². The Balaban J connectivity index is 5.49. The first-order valence-electron chi connectivity index (χ1n) is 9.31. The van der Waals surface area contributed by atoms with E-state index < -0.39 is 34.5 Å². The molecule has 0 aromatic carbocycles. The summed E-state index contributed by atoms with van der Waals surface area (Å²) in [5.74, 6) is -1.88. The summed E-state index contributed by atoms with van der Waals surface area (Å²) in [5, 5.41) is 0.00832. The van der Waals surface area contributed by atoms with Gasteiger partial charge in [-0.3, -0.25) is 0 Å². The second kappa shape index (κ2) is 9.12. The summed E-state index contributed by atoms with van der Waals surface area (Å²) in [6.07, 6.45) is 0.598. The lowest BCUT2D eigenvalue weighted by Gasteiger charge is -2.41. The minimum absolute atomic E-state index is 0.0313. The number of hydrogen-bond acceptors (Lipinski definition) is 4. The molecule has 0 amide bonds. The van der Waals surface area contributed by atoms with Crippen LogP contribution in [0.15, 0.2) is 11.9 Å². The Kier molecular flexibility index (Phi) is 8.95. The SMILES string of the molecule is CCOC(=O)/C(F)=C/[C@@H](CO[Si](C)(C)C(C)(C)C)O[Si](C)(C)C(C)(C)C. The van der Waals surface area contributed by atoms with Gasteiger partial charge in [-0.1, -0.05) is 41.5 Å².